The Kier molecular flexibility index (Phi) is 3.00. The Morgan fingerprint density at radius 1 is 1.06 bits per heavy atom. The highest BCUT2D eigenvalue weighted by Crippen LogP contribution is 2.35. The molecule has 2 aromatic carbocycles. The first kappa shape index (κ1) is 11.6. The first-order valence-corrected chi connectivity index (χ1v) is 6.76. The van der Waals surface area contributed by atoms with Gasteiger partial charge in [0.2, 0.25) is 0 Å². The van der Waals surface area contributed by atoms with Crippen LogP contribution in [-0.2, 0) is 6.42 Å². The first-order valence-electron chi connectivity index (χ1n) is 5.81. The summed E-state index contributed by atoms with van der Waals surface area (Å²) < 4.78 is 28.6. The van der Waals surface area contributed by atoms with Crippen LogP contribution in [0.25, 0.3) is 0 Å². The van der Waals surface area contributed by atoms with E-state index in [0.717, 1.165) is 19.0 Å². The van der Waals surface area contributed by atoms with Crippen molar-refractivity contribution in [3.05, 3.63) is 59.7 Å². The maximum absolute atomic E-state index is 13.6. The fraction of sp³-hybridized carbons (Fsp3) is 0.143. The highest BCUT2D eigenvalue weighted by molar-refractivity contribution is 7.49. The van der Waals surface area contributed by atoms with Gasteiger partial charge in [0, 0.05) is 32.3 Å². The number of nitrogens with zero attached hydrogens (tertiary/aromatic N) is 1. The first-order chi connectivity index (χ1) is 8.74. The Morgan fingerprint density at radius 3 is 2.72 bits per heavy atom. The van der Waals surface area contributed by atoms with E-state index in [1.54, 1.807) is 0 Å². The number of hydrogen-bond donors (Lipinski definition) is 0. The third kappa shape index (κ3) is 2.11. The summed E-state index contributed by atoms with van der Waals surface area (Å²) in [5, 5.41) is 0.563. The molecule has 1 unspecified atom stereocenters. The summed E-state index contributed by atoms with van der Waals surface area (Å²) in [5.74, 6) is -0.986. The second-order valence-corrected chi connectivity index (χ2v) is 5.57. The van der Waals surface area contributed by atoms with Crippen LogP contribution in [-0.4, -0.2) is 6.54 Å². The van der Waals surface area contributed by atoms with Crippen LogP contribution >= 0.6 is 8.73 Å². The third-order valence-corrected chi connectivity index (χ3v) is 4.45. The molecule has 1 aliphatic rings. The van der Waals surface area contributed by atoms with Crippen molar-refractivity contribution in [2.45, 2.75) is 6.42 Å². The van der Waals surface area contributed by atoms with E-state index < -0.39 is 11.6 Å². The van der Waals surface area contributed by atoms with Gasteiger partial charge in [-0.05, 0) is 30.2 Å². The molecular formula is C14H12F2NP. The topological polar surface area (TPSA) is 3.24 Å². The predicted octanol–water partition coefficient (Wildman–Crippen LogP) is 3.25. The molecule has 0 amide bonds. The molecule has 92 valence electrons. The van der Waals surface area contributed by atoms with Gasteiger partial charge in [0.25, 0.3) is 0 Å². The molecule has 0 bridgehead atoms. The molecular weight excluding hydrogens is 251 g/mol. The molecule has 0 spiro atoms. The maximum atomic E-state index is 13.6. The molecule has 0 saturated carbocycles. The van der Waals surface area contributed by atoms with Crippen molar-refractivity contribution in [1.82, 2.24) is 0 Å². The Bertz CT molecular complexity index is 586. The van der Waals surface area contributed by atoms with Crippen molar-refractivity contribution < 1.29 is 8.78 Å². The van der Waals surface area contributed by atoms with E-state index in [-0.39, 0.29) is 8.73 Å². The van der Waals surface area contributed by atoms with Gasteiger partial charge in [0.05, 0.1) is 0 Å². The highest BCUT2D eigenvalue weighted by atomic mass is 31.1. The van der Waals surface area contributed by atoms with Crippen LogP contribution in [0.4, 0.5) is 14.5 Å². The number of hydrogen-bond acceptors (Lipinski definition) is 1. The molecule has 1 aliphatic heterocycles. The Balaban J connectivity index is 1.86. The summed E-state index contributed by atoms with van der Waals surface area (Å²) >= 11 is 0. The zero-order chi connectivity index (χ0) is 12.5. The smallest absolute Gasteiger partial charge is 0.135 e. The number of anilines is 1. The van der Waals surface area contributed by atoms with Crippen LogP contribution in [0, 0.1) is 11.6 Å². The van der Waals surface area contributed by atoms with Crippen LogP contribution in [0.1, 0.15) is 5.56 Å². The van der Waals surface area contributed by atoms with E-state index in [2.05, 4.69) is 16.8 Å². The monoisotopic (exact) mass is 263 g/mol. The van der Waals surface area contributed by atoms with E-state index in [9.17, 15) is 8.78 Å². The summed E-state index contributed by atoms with van der Waals surface area (Å²) in [5.41, 5.74) is 2.46. The molecule has 1 nitrogen and oxygen atoms in total. The number of halogens is 2. The molecule has 18 heavy (non-hydrogen) atoms. The molecule has 2 aromatic rings. The van der Waals surface area contributed by atoms with Crippen molar-refractivity contribution in [2.24, 2.45) is 0 Å². The van der Waals surface area contributed by atoms with Crippen molar-refractivity contribution in [1.29, 1.82) is 0 Å². The minimum absolute atomic E-state index is 0.212. The predicted molar refractivity (Wildman–Crippen MR) is 71.8 cm³/mol. The molecule has 0 fully saturated rings. The molecule has 1 heterocycles. The Morgan fingerprint density at radius 2 is 1.89 bits per heavy atom. The zero-order valence-electron chi connectivity index (χ0n) is 9.66. The lowest BCUT2D eigenvalue weighted by Gasteiger charge is -2.19. The largest absolute Gasteiger partial charge is 0.348 e. The minimum Gasteiger partial charge on any atom is -0.348 e. The third-order valence-electron chi connectivity index (χ3n) is 3.07. The van der Waals surface area contributed by atoms with Gasteiger partial charge in [-0.1, -0.05) is 18.2 Å². The van der Waals surface area contributed by atoms with Crippen LogP contribution < -0.4 is 9.97 Å². The normalized spacial score (nSPS) is 14.4. The molecule has 1 atom stereocenters. The molecule has 0 aliphatic carbocycles. The van der Waals surface area contributed by atoms with Crippen LogP contribution in [0.15, 0.2) is 42.5 Å². The molecule has 0 aromatic heterocycles. The lowest BCUT2D eigenvalue weighted by Crippen LogP contribution is -2.15. The van der Waals surface area contributed by atoms with Gasteiger partial charge in [-0.15, -0.1) is 0 Å². The molecule has 3 rings (SSSR count). The number of fused-ring (bicyclic) bond motifs is 1. The van der Waals surface area contributed by atoms with Crippen molar-refractivity contribution in [2.75, 3.05) is 11.2 Å². The van der Waals surface area contributed by atoms with Crippen molar-refractivity contribution in [3.63, 3.8) is 0 Å². The van der Waals surface area contributed by atoms with Crippen LogP contribution in [0.3, 0.4) is 0 Å². The second-order valence-electron chi connectivity index (χ2n) is 4.27. The summed E-state index contributed by atoms with van der Waals surface area (Å²) in [6.07, 6.45) is 0.992. The summed E-state index contributed by atoms with van der Waals surface area (Å²) in [4.78, 5) is 0. The summed E-state index contributed by atoms with van der Waals surface area (Å²) in [6, 6.07) is 12.0. The van der Waals surface area contributed by atoms with Gasteiger partial charge in [0.1, 0.15) is 11.6 Å². The average Bonchev–Trinajstić information content (AvgIpc) is 2.76. The van der Waals surface area contributed by atoms with Gasteiger partial charge in [0.15, 0.2) is 0 Å². The quantitative estimate of drug-likeness (QED) is 0.752. The minimum atomic E-state index is -0.525. The summed E-state index contributed by atoms with van der Waals surface area (Å²) in [6.45, 7) is 0.897. The van der Waals surface area contributed by atoms with Gasteiger partial charge < -0.3 is 4.67 Å². The molecule has 4 heteroatoms. The standard InChI is InChI=1S/C14H12F2NP/c15-11-5-6-14(12(16)9-11)18-17-8-7-10-3-1-2-4-13(10)17/h1-6,9,18H,7-8H2. The van der Waals surface area contributed by atoms with Gasteiger partial charge in [-0.2, -0.15) is 0 Å². The zero-order valence-corrected chi connectivity index (χ0v) is 10.7. The summed E-state index contributed by atoms with van der Waals surface area (Å²) in [7, 11) is 0.212. The maximum Gasteiger partial charge on any atom is 0.135 e. The fourth-order valence-electron chi connectivity index (χ4n) is 2.18. The Labute approximate surface area is 106 Å². The highest BCUT2D eigenvalue weighted by Gasteiger charge is 2.19. The van der Waals surface area contributed by atoms with E-state index >= 15 is 0 Å². The van der Waals surface area contributed by atoms with E-state index in [1.807, 2.05) is 12.1 Å². The number of benzene rings is 2. The van der Waals surface area contributed by atoms with Crippen LogP contribution in [0.5, 0.6) is 0 Å². The van der Waals surface area contributed by atoms with E-state index in [1.165, 1.54) is 23.4 Å². The second kappa shape index (κ2) is 4.66. The molecule has 0 N–H and O–H groups in total. The van der Waals surface area contributed by atoms with E-state index in [0.29, 0.717) is 5.30 Å². The number of rotatable bonds is 2. The van der Waals surface area contributed by atoms with Crippen LogP contribution in [0.2, 0.25) is 0 Å². The lowest BCUT2D eigenvalue weighted by atomic mass is 10.2. The Hall–Kier alpha value is -1.47. The lowest BCUT2D eigenvalue weighted by molar-refractivity contribution is 0.588. The van der Waals surface area contributed by atoms with E-state index in [4.69, 9.17) is 0 Å². The van der Waals surface area contributed by atoms with Crippen molar-refractivity contribution in [3.8, 4) is 0 Å². The molecule has 0 radical (unpaired) electrons. The van der Waals surface area contributed by atoms with Gasteiger partial charge in [-0.3, -0.25) is 0 Å². The van der Waals surface area contributed by atoms with Crippen molar-refractivity contribution >= 4 is 19.7 Å². The van der Waals surface area contributed by atoms with Gasteiger partial charge >= 0.3 is 0 Å². The molecule has 0 saturated heterocycles. The SMILES string of the molecule is Fc1ccc(PN2CCc3ccccc32)c(F)c1. The fourth-order valence-corrected chi connectivity index (χ4v) is 3.37. The van der Waals surface area contributed by atoms with Gasteiger partial charge in [-0.25, -0.2) is 8.78 Å². The average molecular weight is 263 g/mol. The number of para-hydroxylation sites is 1.